The summed E-state index contributed by atoms with van der Waals surface area (Å²) in [5, 5.41) is 3.01. The summed E-state index contributed by atoms with van der Waals surface area (Å²) < 4.78 is 0. The molecule has 1 saturated heterocycles. The summed E-state index contributed by atoms with van der Waals surface area (Å²) in [6.07, 6.45) is 0.568. The van der Waals surface area contributed by atoms with Crippen molar-refractivity contribution in [3.05, 3.63) is 60.2 Å². The maximum Gasteiger partial charge on any atom is 0.221 e. The molecule has 1 fully saturated rings. The first-order valence-electron chi connectivity index (χ1n) is 7.05. The van der Waals surface area contributed by atoms with Crippen LogP contribution in [0.15, 0.2) is 54.6 Å². The van der Waals surface area contributed by atoms with Gasteiger partial charge in [0.2, 0.25) is 5.91 Å². The number of rotatable bonds is 2. The van der Waals surface area contributed by atoms with Gasteiger partial charge < -0.3 is 5.32 Å². The van der Waals surface area contributed by atoms with Crippen molar-refractivity contribution in [2.45, 2.75) is 31.7 Å². The quantitative estimate of drug-likeness (QED) is 0.884. The van der Waals surface area contributed by atoms with E-state index in [0.717, 1.165) is 0 Å². The van der Waals surface area contributed by atoms with E-state index in [1.165, 1.54) is 16.7 Å². The molecule has 2 aromatic carbocycles. The van der Waals surface area contributed by atoms with E-state index in [9.17, 15) is 4.79 Å². The lowest BCUT2D eigenvalue weighted by Gasteiger charge is -2.28. The molecule has 2 nitrogen and oxygen atoms in total. The number of hydrogen-bond acceptors (Lipinski definition) is 1. The molecule has 1 N–H and O–H groups in total. The van der Waals surface area contributed by atoms with Crippen molar-refractivity contribution in [1.29, 1.82) is 0 Å². The van der Waals surface area contributed by atoms with Gasteiger partial charge in [0.1, 0.15) is 0 Å². The largest absolute Gasteiger partial charge is 0.353 e. The van der Waals surface area contributed by atoms with E-state index in [0.29, 0.717) is 6.42 Å². The number of benzene rings is 2. The Morgan fingerprint density at radius 3 is 2.15 bits per heavy atom. The van der Waals surface area contributed by atoms with Gasteiger partial charge in [-0.05, 0) is 23.6 Å². The predicted molar refractivity (Wildman–Crippen MR) is 81.5 cm³/mol. The molecular weight excluding hydrogens is 246 g/mol. The molecule has 0 bridgehead atoms. The van der Waals surface area contributed by atoms with Gasteiger partial charge in [-0.1, -0.05) is 61.5 Å². The summed E-state index contributed by atoms with van der Waals surface area (Å²) in [5.74, 6) is 0.145. The third-order valence-electron chi connectivity index (χ3n) is 4.51. The smallest absolute Gasteiger partial charge is 0.221 e. The summed E-state index contributed by atoms with van der Waals surface area (Å²) >= 11 is 0. The van der Waals surface area contributed by atoms with Crippen LogP contribution in [0.3, 0.4) is 0 Å². The lowest BCUT2D eigenvalue weighted by atomic mass is 9.76. The second kappa shape index (κ2) is 4.78. The summed E-state index contributed by atoms with van der Waals surface area (Å²) in [7, 11) is 0. The van der Waals surface area contributed by atoms with Crippen LogP contribution in [-0.4, -0.2) is 11.9 Å². The van der Waals surface area contributed by atoms with Crippen molar-refractivity contribution in [3.8, 4) is 11.1 Å². The van der Waals surface area contributed by atoms with Gasteiger partial charge in [0.05, 0.1) is 0 Å². The number of carbonyl (C=O) groups excluding carboxylic acids is 1. The molecule has 0 radical (unpaired) electrons. The molecule has 2 heteroatoms. The first kappa shape index (κ1) is 12.9. The molecule has 102 valence electrons. The van der Waals surface area contributed by atoms with E-state index in [1.807, 2.05) is 18.2 Å². The minimum Gasteiger partial charge on any atom is -0.353 e. The van der Waals surface area contributed by atoms with Gasteiger partial charge in [0, 0.05) is 17.9 Å². The van der Waals surface area contributed by atoms with Crippen molar-refractivity contribution in [1.82, 2.24) is 5.32 Å². The maximum atomic E-state index is 11.6. The van der Waals surface area contributed by atoms with Crippen molar-refractivity contribution < 1.29 is 4.79 Å². The standard InChI is InChI=1S/C18H19NO/c1-13-18(2,12-17(20)19-13)16-10-8-15(9-11-16)14-6-4-3-5-7-14/h3-11,13H,12H2,1-2H3,(H,19,20). The van der Waals surface area contributed by atoms with E-state index in [-0.39, 0.29) is 17.4 Å². The third-order valence-corrected chi connectivity index (χ3v) is 4.51. The molecule has 1 heterocycles. The van der Waals surface area contributed by atoms with E-state index >= 15 is 0 Å². The normalized spacial score (nSPS) is 25.5. The Hall–Kier alpha value is -2.09. The molecule has 2 aromatic rings. The zero-order chi connectivity index (χ0) is 14.2. The van der Waals surface area contributed by atoms with Gasteiger partial charge in [0.25, 0.3) is 0 Å². The predicted octanol–water partition coefficient (Wildman–Crippen LogP) is 3.52. The van der Waals surface area contributed by atoms with Crippen molar-refractivity contribution >= 4 is 5.91 Å². The van der Waals surface area contributed by atoms with Crippen molar-refractivity contribution in [2.75, 3.05) is 0 Å². The fraction of sp³-hybridized carbons (Fsp3) is 0.278. The third kappa shape index (κ3) is 2.11. The second-order valence-electron chi connectivity index (χ2n) is 5.83. The highest BCUT2D eigenvalue weighted by Gasteiger charge is 2.41. The van der Waals surface area contributed by atoms with E-state index in [4.69, 9.17) is 0 Å². The Morgan fingerprint density at radius 1 is 1.00 bits per heavy atom. The highest BCUT2D eigenvalue weighted by molar-refractivity contribution is 5.81. The lowest BCUT2D eigenvalue weighted by Crippen LogP contribution is -2.35. The molecule has 1 aliphatic rings. The highest BCUT2D eigenvalue weighted by Crippen LogP contribution is 2.36. The van der Waals surface area contributed by atoms with Gasteiger partial charge in [-0.15, -0.1) is 0 Å². The first-order chi connectivity index (χ1) is 9.59. The average molecular weight is 265 g/mol. The Labute approximate surface area is 119 Å². The number of carbonyl (C=O) groups is 1. The summed E-state index contributed by atoms with van der Waals surface area (Å²) in [6.45, 7) is 4.24. The topological polar surface area (TPSA) is 29.1 Å². The van der Waals surface area contributed by atoms with Crippen LogP contribution >= 0.6 is 0 Å². The van der Waals surface area contributed by atoms with Gasteiger partial charge >= 0.3 is 0 Å². The summed E-state index contributed by atoms with van der Waals surface area (Å²) in [6, 6.07) is 19.1. The molecule has 2 unspecified atom stereocenters. The van der Waals surface area contributed by atoms with E-state index < -0.39 is 0 Å². The van der Waals surface area contributed by atoms with Crippen LogP contribution in [0.2, 0.25) is 0 Å². The first-order valence-corrected chi connectivity index (χ1v) is 7.05. The van der Waals surface area contributed by atoms with Gasteiger partial charge in [-0.2, -0.15) is 0 Å². The molecular formula is C18H19NO. The maximum absolute atomic E-state index is 11.6. The number of nitrogens with one attached hydrogen (secondary N) is 1. The van der Waals surface area contributed by atoms with E-state index in [1.54, 1.807) is 0 Å². The van der Waals surface area contributed by atoms with Crippen molar-refractivity contribution in [2.24, 2.45) is 0 Å². The lowest BCUT2D eigenvalue weighted by molar-refractivity contribution is -0.119. The summed E-state index contributed by atoms with van der Waals surface area (Å²) in [4.78, 5) is 11.6. The zero-order valence-corrected chi connectivity index (χ0v) is 11.9. The van der Waals surface area contributed by atoms with Crippen LogP contribution in [0.4, 0.5) is 0 Å². The average Bonchev–Trinajstić information content (AvgIpc) is 2.74. The van der Waals surface area contributed by atoms with Crippen molar-refractivity contribution in [3.63, 3.8) is 0 Å². The Kier molecular flexibility index (Phi) is 3.09. The Balaban J connectivity index is 1.92. The molecule has 0 aromatic heterocycles. The Morgan fingerprint density at radius 2 is 1.60 bits per heavy atom. The number of hydrogen-bond donors (Lipinski definition) is 1. The highest BCUT2D eigenvalue weighted by atomic mass is 16.2. The van der Waals surface area contributed by atoms with Crippen LogP contribution in [-0.2, 0) is 10.2 Å². The second-order valence-corrected chi connectivity index (χ2v) is 5.83. The molecule has 0 saturated carbocycles. The molecule has 1 aliphatic heterocycles. The fourth-order valence-electron chi connectivity index (χ4n) is 2.96. The molecule has 0 spiro atoms. The van der Waals surface area contributed by atoms with Crippen LogP contribution in [0, 0.1) is 0 Å². The molecule has 2 atom stereocenters. The zero-order valence-electron chi connectivity index (χ0n) is 11.9. The van der Waals surface area contributed by atoms with Crippen LogP contribution in [0.25, 0.3) is 11.1 Å². The number of amides is 1. The molecule has 0 aliphatic carbocycles. The summed E-state index contributed by atoms with van der Waals surface area (Å²) in [5.41, 5.74) is 3.55. The van der Waals surface area contributed by atoms with Gasteiger partial charge in [-0.25, -0.2) is 0 Å². The molecule has 1 amide bonds. The van der Waals surface area contributed by atoms with Gasteiger partial charge in [0.15, 0.2) is 0 Å². The molecule has 3 rings (SSSR count). The SMILES string of the molecule is CC1NC(=O)CC1(C)c1ccc(-c2ccccc2)cc1. The molecule has 20 heavy (non-hydrogen) atoms. The fourth-order valence-corrected chi connectivity index (χ4v) is 2.96. The minimum absolute atomic E-state index is 0.105. The van der Waals surface area contributed by atoms with Crippen LogP contribution in [0.1, 0.15) is 25.8 Å². The monoisotopic (exact) mass is 265 g/mol. The van der Waals surface area contributed by atoms with Gasteiger partial charge in [-0.3, -0.25) is 4.79 Å². The van der Waals surface area contributed by atoms with Crippen LogP contribution in [0.5, 0.6) is 0 Å². The minimum atomic E-state index is -0.105. The Bertz CT molecular complexity index is 618. The van der Waals surface area contributed by atoms with E-state index in [2.05, 4.69) is 55.6 Å². The van der Waals surface area contributed by atoms with Crippen LogP contribution < -0.4 is 5.32 Å².